The van der Waals surface area contributed by atoms with Gasteiger partial charge in [-0.05, 0) is 35.9 Å². The molecule has 0 fully saturated rings. The van der Waals surface area contributed by atoms with Crippen LogP contribution in [0.15, 0.2) is 54.6 Å². The van der Waals surface area contributed by atoms with E-state index in [1.54, 1.807) is 54.6 Å². The van der Waals surface area contributed by atoms with Crippen LogP contribution in [0.2, 0.25) is 0 Å². The lowest BCUT2D eigenvalue weighted by Crippen LogP contribution is -2.25. The first-order valence-electron chi connectivity index (χ1n) is 8.03. The molecule has 0 saturated carbocycles. The summed E-state index contributed by atoms with van der Waals surface area (Å²) in [6, 6.07) is 15.5. The topological polar surface area (TPSA) is 91.2 Å². The fourth-order valence-corrected chi connectivity index (χ4v) is 2.15. The number of amides is 2. The van der Waals surface area contributed by atoms with Crippen molar-refractivity contribution in [3.8, 4) is 24.2 Å². The van der Waals surface area contributed by atoms with Crippen LogP contribution in [0, 0.1) is 23.7 Å². The number of carbonyl (C=O) groups excluding carboxylic acids is 2. The van der Waals surface area contributed by atoms with Crippen molar-refractivity contribution < 1.29 is 14.3 Å². The third-order valence-electron chi connectivity index (χ3n) is 3.39. The molecule has 0 heterocycles. The lowest BCUT2D eigenvalue weighted by atomic mass is 10.1. The Balaban J connectivity index is 2.01. The second-order valence-corrected chi connectivity index (χ2v) is 5.27. The fraction of sp³-hybridized carbons (Fsp3) is 0.0952. The van der Waals surface area contributed by atoms with Gasteiger partial charge in [-0.25, -0.2) is 0 Å². The van der Waals surface area contributed by atoms with Gasteiger partial charge in [-0.15, -0.1) is 6.42 Å². The second-order valence-electron chi connectivity index (χ2n) is 5.27. The summed E-state index contributed by atoms with van der Waals surface area (Å²) in [5, 5.41) is 13.7. The van der Waals surface area contributed by atoms with Gasteiger partial charge in [-0.3, -0.25) is 9.59 Å². The predicted molar refractivity (Wildman–Crippen MR) is 103 cm³/mol. The first-order valence-corrected chi connectivity index (χ1v) is 8.03. The number of nitrogens with zero attached hydrogens (tertiary/aromatic N) is 1. The monoisotopic (exact) mass is 359 g/mol. The first kappa shape index (κ1) is 19.3. The van der Waals surface area contributed by atoms with Crippen molar-refractivity contribution in [2.24, 2.45) is 0 Å². The van der Waals surface area contributed by atoms with E-state index >= 15 is 0 Å². The van der Waals surface area contributed by atoms with Gasteiger partial charge in [0.25, 0.3) is 5.91 Å². The molecule has 0 bridgehead atoms. The summed E-state index contributed by atoms with van der Waals surface area (Å²) in [5.41, 5.74) is 1.50. The SMILES string of the molecule is C#CCNC(=O)c1ccccc1NC(=O)/C=C/c1ccc(OCC#N)cc1. The molecule has 2 aromatic carbocycles. The number of terminal acetylenes is 1. The average Bonchev–Trinajstić information content (AvgIpc) is 2.70. The fourth-order valence-electron chi connectivity index (χ4n) is 2.15. The van der Waals surface area contributed by atoms with Crippen molar-refractivity contribution >= 4 is 23.6 Å². The maximum Gasteiger partial charge on any atom is 0.254 e. The second kappa shape index (κ2) is 10.1. The van der Waals surface area contributed by atoms with Crippen molar-refractivity contribution in [1.82, 2.24) is 5.32 Å². The Morgan fingerprint density at radius 3 is 2.59 bits per heavy atom. The zero-order chi connectivity index (χ0) is 19.5. The molecule has 0 aromatic heterocycles. The molecular weight excluding hydrogens is 342 g/mol. The van der Waals surface area contributed by atoms with E-state index in [0.29, 0.717) is 17.0 Å². The molecule has 2 N–H and O–H groups in total. The minimum absolute atomic E-state index is 0.0219. The van der Waals surface area contributed by atoms with E-state index in [1.165, 1.54) is 6.08 Å². The first-order chi connectivity index (χ1) is 13.1. The van der Waals surface area contributed by atoms with Crippen molar-refractivity contribution in [3.63, 3.8) is 0 Å². The third kappa shape index (κ3) is 6.08. The zero-order valence-corrected chi connectivity index (χ0v) is 14.4. The van der Waals surface area contributed by atoms with Crippen molar-refractivity contribution in [2.75, 3.05) is 18.5 Å². The highest BCUT2D eigenvalue weighted by atomic mass is 16.5. The third-order valence-corrected chi connectivity index (χ3v) is 3.39. The van der Waals surface area contributed by atoms with E-state index in [4.69, 9.17) is 16.4 Å². The van der Waals surface area contributed by atoms with E-state index in [2.05, 4.69) is 16.6 Å². The average molecular weight is 359 g/mol. The summed E-state index contributed by atoms with van der Waals surface area (Å²) >= 11 is 0. The lowest BCUT2D eigenvalue weighted by molar-refractivity contribution is -0.111. The lowest BCUT2D eigenvalue weighted by Gasteiger charge is -2.09. The molecule has 0 radical (unpaired) electrons. The molecule has 0 unspecified atom stereocenters. The number of benzene rings is 2. The molecule has 0 saturated heterocycles. The van der Waals surface area contributed by atoms with Gasteiger partial charge in [-0.2, -0.15) is 5.26 Å². The van der Waals surface area contributed by atoms with E-state index in [-0.39, 0.29) is 25.0 Å². The van der Waals surface area contributed by atoms with E-state index in [0.717, 1.165) is 5.56 Å². The summed E-state index contributed by atoms with van der Waals surface area (Å²) in [7, 11) is 0. The van der Waals surface area contributed by atoms with Crippen molar-refractivity contribution in [1.29, 1.82) is 5.26 Å². The molecule has 27 heavy (non-hydrogen) atoms. The summed E-state index contributed by atoms with van der Waals surface area (Å²) < 4.78 is 5.16. The van der Waals surface area contributed by atoms with E-state index < -0.39 is 0 Å². The molecule has 0 aliphatic carbocycles. The highest BCUT2D eigenvalue weighted by molar-refractivity contribution is 6.07. The highest BCUT2D eigenvalue weighted by Crippen LogP contribution is 2.16. The summed E-state index contributed by atoms with van der Waals surface area (Å²) in [6.45, 7) is 0.0843. The largest absolute Gasteiger partial charge is 0.479 e. The number of hydrogen-bond acceptors (Lipinski definition) is 4. The van der Waals surface area contributed by atoms with Crippen LogP contribution in [0.3, 0.4) is 0 Å². The maximum absolute atomic E-state index is 12.2. The van der Waals surface area contributed by atoms with Gasteiger partial charge in [0.2, 0.25) is 5.91 Å². The number of rotatable bonds is 7. The molecule has 2 rings (SSSR count). The van der Waals surface area contributed by atoms with Gasteiger partial charge in [0.1, 0.15) is 11.8 Å². The van der Waals surface area contributed by atoms with Gasteiger partial charge in [0.05, 0.1) is 17.8 Å². The van der Waals surface area contributed by atoms with Crippen LogP contribution in [-0.2, 0) is 4.79 Å². The predicted octanol–water partition coefficient (Wildman–Crippen LogP) is 2.60. The molecule has 6 heteroatoms. The Kier molecular flexibility index (Phi) is 7.20. The number of ether oxygens (including phenoxy) is 1. The molecule has 0 aliphatic rings. The number of nitrogens with one attached hydrogen (secondary N) is 2. The summed E-state index contributed by atoms with van der Waals surface area (Å²) in [5.74, 6) is 2.16. The van der Waals surface area contributed by atoms with Crippen LogP contribution in [0.25, 0.3) is 6.08 Å². The van der Waals surface area contributed by atoms with Gasteiger partial charge < -0.3 is 15.4 Å². The summed E-state index contributed by atoms with van der Waals surface area (Å²) in [6.07, 6.45) is 8.13. The van der Waals surface area contributed by atoms with E-state index in [9.17, 15) is 9.59 Å². The molecule has 0 spiro atoms. The molecule has 134 valence electrons. The Morgan fingerprint density at radius 2 is 1.89 bits per heavy atom. The number of anilines is 1. The minimum atomic E-state index is -0.378. The van der Waals surface area contributed by atoms with Gasteiger partial charge in [-0.1, -0.05) is 30.2 Å². The quantitative estimate of drug-likeness (QED) is 0.587. The molecule has 0 atom stereocenters. The van der Waals surface area contributed by atoms with E-state index in [1.807, 2.05) is 6.07 Å². The molecular formula is C21H17N3O3. The number of nitriles is 1. The van der Waals surface area contributed by atoms with Crippen LogP contribution in [0.5, 0.6) is 5.75 Å². The van der Waals surface area contributed by atoms with Crippen molar-refractivity contribution in [2.45, 2.75) is 0 Å². The number of carbonyl (C=O) groups is 2. The standard InChI is InChI=1S/C21H17N3O3/c1-2-14-23-21(26)18-5-3-4-6-19(18)24-20(25)12-9-16-7-10-17(11-8-16)27-15-13-22/h1,3-12H,14-15H2,(H,23,26)(H,24,25)/b12-9+. The Labute approximate surface area is 157 Å². The normalized spacial score (nSPS) is 9.85. The van der Waals surface area contributed by atoms with Crippen LogP contribution in [0.1, 0.15) is 15.9 Å². The van der Waals surface area contributed by atoms with Crippen molar-refractivity contribution in [3.05, 3.63) is 65.7 Å². The number of para-hydroxylation sites is 1. The molecule has 2 aromatic rings. The van der Waals surface area contributed by atoms with Gasteiger partial charge in [0.15, 0.2) is 6.61 Å². The van der Waals surface area contributed by atoms with Crippen LogP contribution in [0.4, 0.5) is 5.69 Å². The van der Waals surface area contributed by atoms with Gasteiger partial charge >= 0.3 is 0 Å². The zero-order valence-electron chi connectivity index (χ0n) is 14.4. The van der Waals surface area contributed by atoms with Crippen LogP contribution < -0.4 is 15.4 Å². The van der Waals surface area contributed by atoms with Gasteiger partial charge in [0, 0.05) is 6.08 Å². The highest BCUT2D eigenvalue weighted by Gasteiger charge is 2.11. The Bertz CT molecular complexity index is 919. The van der Waals surface area contributed by atoms with Crippen LogP contribution >= 0.6 is 0 Å². The minimum Gasteiger partial charge on any atom is -0.479 e. The smallest absolute Gasteiger partial charge is 0.254 e. The van der Waals surface area contributed by atoms with Crippen LogP contribution in [-0.4, -0.2) is 25.0 Å². The maximum atomic E-state index is 12.2. The molecule has 0 aliphatic heterocycles. The Hall–Kier alpha value is -4.03. The molecule has 2 amide bonds. The number of hydrogen-bond donors (Lipinski definition) is 2. The Morgan fingerprint density at radius 1 is 1.15 bits per heavy atom. The summed E-state index contributed by atoms with van der Waals surface area (Å²) in [4.78, 5) is 24.2. The molecule has 6 nitrogen and oxygen atoms in total.